The lowest BCUT2D eigenvalue weighted by molar-refractivity contribution is 0.416. The van der Waals surface area contributed by atoms with Crippen LogP contribution in [-0.4, -0.2) is 22.8 Å². The molecule has 0 aliphatic rings. The quantitative estimate of drug-likeness (QED) is 0.432. The molecule has 1 N–H and O–H groups in total. The summed E-state index contributed by atoms with van der Waals surface area (Å²) >= 11 is 3.28. The van der Waals surface area contributed by atoms with Crippen LogP contribution in [0.25, 0.3) is 11.3 Å². The van der Waals surface area contributed by atoms with Gasteiger partial charge in [-0.05, 0) is 54.3 Å². The molecule has 0 radical (unpaired) electrons. The maximum absolute atomic E-state index is 14.0. The first kappa shape index (κ1) is 20.7. The van der Waals surface area contributed by atoms with E-state index in [-0.39, 0.29) is 5.82 Å². The summed E-state index contributed by atoms with van der Waals surface area (Å²) in [6, 6.07) is 11.1. The first-order valence-electron chi connectivity index (χ1n) is 9.03. The van der Waals surface area contributed by atoms with Gasteiger partial charge in [-0.1, -0.05) is 41.2 Å². The minimum Gasteiger partial charge on any atom is -0.496 e. The summed E-state index contributed by atoms with van der Waals surface area (Å²) in [6.45, 7) is 7.35. The van der Waals surface area contributed by atoms with Crippen LogP contribution >= 0.6 is 15.9 Å². The fraction of sp³-hybridized carbons (Fsp3) is 0.130. The Morgan fingerprint density at radius 1 is 1.24 bits per heavy atom. The third-order valence-electron chi connectivity index (χ3n) is 4.50. The number of benzene rings is 2. The predicted octanol–water partition coefficient (Wildman–Crippen LogP) is 5.89. The number of aromatic amines is 1. The van der Waals surface area contributed by atoms with Gasteiger partial charge >= 0.3 is 0 Å². The number of H-pyrrole nitrogens is 1. The van der Waals surface area contributed by atoms with Crippen LogP contribution in [-0.2, 0) is 12.8 Å². The van der Waals surface area contributed by atoms with Crippen LogP contribution in [0.15, 0.2) is 77.5 Å². The van der Waals surface area contributed by atoms with Gasteiger partial charge in [-0.3, -0.25) is 4.99 Å². The lowest BCUT2D eigenvalue weighted by Crippen LogP contribution is -1.99. The van der Waals surface area contributed by atoms with Crippen molar-refractivity contribution in [2.24, 2.45) is 4.99 Å². The third kappa shape index (κ3) is 4.90. The van der Waals surface area contributed by atoms with E-state index in [1.807, 2.05) is 24.3 Å². The molecule has 1 aromatic heterocycles. The van der Waals surface area contributed by atoms with E-state index in [0.717, 1.165) is 27.0 Å². The van der Waals surface area contributed by atoms with Crippen molar-refractivity contribution in [2.45, 2.75) is 12.8 Å². The Kier molecular flexibility index (Phi) is 6.77. The lowest BCUT2D eigenvalue weighted by atomic mass is 10.0. The molecule has 0 saturated heterocycles. The van der Waals surface area contributed by atoms with Gasteiger partial charge in [0.05, 0.1) is 19.0 Å². The summed E-state index contributed by atoms with van der Waals surface area (Å²) in [7, 11) is 1.63. The van der Waals surface area contributed by atoms with E-state index >= 15 is 0 Å². The maximum Gasteiger partial charge on any atom is 0.156 e. The van der Waals surface area contributed by atoms with Crippen molar-refractivity contribution >= 4 is 21.6 Å². The Balaban J connectivity index is 1.82. The van der Waals surface area contributed by atoms with Gasteiger partial charge in [0.2, 0.25) is 0 Å². The zero-order valence-corrected chi connectivity index (χ0v) is 17.7. The molecule has 0 bridgehead atoms. The molecule has 4 nitrogen and oxygen atoms in total. The third-order valence-corrected chi connectivity index (χ3v) is 4.99. The molecule has 1 heterocycles. The minimum absolute atomic E-state index is 0.202. The molecule has 0 spiro atoms. The SMILES string of the molecule is C=CN=C(C=C)c1ncc(-c2ccc(CCc3ccc(Br)cc3F)cc2OC)[nH]1. The monoisotopic (exact) mass is 453 g/mol. The van der Waals surface area contributed by atoms with E-state index in [0.29, 0.717) is 29.9 Å². The van der Waals surface area contributed by atoms with Crippen molar-refractivity contribution < 1.29 is 9.13 Å². The number of aryl methyl sites for hydroxylation is 2. The number of hydrogen-bond acceptors (Lipinski definition) is 3. The van der Waals surface area contributed by atoms with Gasteiger partial charge in [-0.25, -0.2) is 9.37 Å². The number of imidazole rings is 1. The molecule has 3 aromatic rings. The Hall–Kier alpha value is -2.99. The van der Waals surface area contributed by atoms with Gasteiger partial charge in [0, 0.05) is 16.2 Å². The molecule has 0 amide bonds. The van der Waals surface area contributed by atoms with Crippen molar-refractivity contribution in [2.75, 3.05) is 7.11 Å². The zero-order chi connectivity index (χ0) is 20.8. The number of halogens is 2. The smallest absolute Gasteiger partial charge is 0.156 e. The number of aliphatic imine (C=N–C) groups is 1. The largest absolute Gasteiger partial charge is 0.496 e. The number of rotatable bonds is 8. The zero-order valence-electron chi connectivity index (χ0n) is 16.1. The van der Waals surface area contributed by atoms with E-state index in [9.17, 15) is 4.39 Å². The molecule has 0 aliphatic heterocycles. The van der Waals surface area contributed by atoms with Crippen molar-refractivity contribution in [1.82, 2.24) is 9.97 Å². The van der Waals surface area contributed by atoms with Gasteiger partial charge in [0.15, 0.2) is 5.82 Å². The number of ether oxygens (including phenoxy) is 1. The number of aromatic nitrogens is 2. The second-order valence-corrected chi connectivity index (χ2v) is 7.23. The molecule has 0 unspecified atom stereocenters. The molecule has 0 aliphatic carbocycles. The fourth-order valence-corrected chi connectivity index (χ4v) is 3.35. The van der Waals surface area contributed by atoms with Crippen molar-refractivity contribution in [3.8, 4) is 17.0 Å². The normalized spacial score (nSPS) is 11.3. The van der Waals surface area contributed by atoms with E-state index < -0.39 is 0 Å². The van der Waals surface area contributed by atoms with E-state index in [1.165, 1.54) is 12.3 Å². The number of hydrogen-bond donors (Lipinski definition) is 1. The van der Waals surface area contributed by atoms with Crippen LogP contribution in [0.1, 0.15) is 17.0 Å². The molecule has 2 aromatic carbocycles. The van der Waals surface area contributed by atoms with Gasteiger partial charge < -0.3 is 9.72 Å². The highest BCUT2D eigenvalue weighted by atomic mass is 79.9. The first-order chi connectivity index (χ1) is 14.0. The fourth-order valence-electron chi connectivity index (χ4n) is 3.01. The summed E-state index contributed by atoms with van der Waals surface area (Å²) in [5.74, 6) is 1.12. The number of nitrogens with one attached hydrogen (secondary N) is 1. The molecule has 6 heteroatoms. The molecule has 0 saturated carbocycles. The maximum atomic E-state index is 14.0. The summed E-state index contributed by atoms with van der Waals surface area (Å²) in [5.41, 5.74) is 4.05. The minimum atomic E-state index is -0.202. The Morgan fingerprint density at radius 2 is 2.07 bits per heavy atom. The van der Waals surface area contributed by atoms with Gasteiger partial charge in [0.1, 0.15) is 17.3 Å². The van der Waals surface area contributed by atoms with E-state index in [1.54, 1.807) is 25.4 Å². The van der Waals surface area contributed by atoms with Crippen LogP contribution in [0.4, 0.5) is 4.39 Å². The van der Waals surface area contributed by atoms with Crippen molar-refractivity contribution in [3.63, 3.8) is 0 Å². The van der Waals surface area contributed by atoms with Crippen LogP contribution < -0.4 is 4.74 Å². The molecule has 0 atom stereocenters. The van der Waals surface area contributed by atoms with Crippen molar-refractivity contribution in [1.29, 1.82) is 0 Å². The Bertz CT molecular complexity index is 1070. The highest BCUT2D eigenvalue weighted by molar-refractivity contribution is 9.10. The average Bonchev–Trinajstić information content (AvgIpc) is 3.20. The van der Waals surface area contributed by atoms with E-state index in [2.05, 4.69) is 44.0 Å². The summed E-state index contributed by atoms with van der Waals surface area (Å²) in [5, 5.41) is 0. The summed E-state index contributed by atoms with van der Waals surface area (Å²) < 4.78 is 20.4. The van der Waals surface area contributed by atoms with Gasteiger partial charge in [0.25, 0.3) is 0 Å². The van der Waals surface area contributed by atoms with Crippen LogP contribution in [0, 0.1) is 5.82 Å². The molecular weight excluding hydrogens is 433 g/mol. The van der Waals surface area contributed by atoms with Crippen LogP contribution in [0.2, 0.25) is 0 Å². The van der Waals surface area contributed by atoms with Crippen LogP contribution in [0.5, 0.6) is 5.75 Å². The number of nitrogens with zero attached hydrogens (tertiary/aromatic N) is 2. The first-order valence-corrected chi connectivity index (χ1v) is 9.82. The molecule has 148 valence electrons. The predicted molar refractivity (Wildman–Crippen MR) is 119 cm³/mol. The molecule has 3 rings (SSSR count). The average molecular weight is 454 g/mol. The second kappa shape index (κ2) is 9.47. The molecule has 29 heavy (non-hydrogen) atoms. The Labute approximate surface area is 178 Å². The number of methoxy groups -OCH3 is 1. The standard InChI is InChI=1S/C23H21BrFN3O/c1-4-20(26-5-2)23-27-14-21(28-23)18-11-7-15(12-22(18)29-3)6-8-16-9-10-17(24)13-19(16)25/h4-5,7,9-14H,1-2,6,8H2,3H3,(H,27,28). The highest BCUT2D eigenvalue weighted by Crippen LogP contribution is 2.30. The molecule has 0 fully saturated rings. The Morgan fingerprint density at radius 3 is 2.76 bits per heavy atom. The van der Waals surface area contributed by atoms with E-state index in [4.69, 9.17) is 4.74 Å². The second-order valence-electron chi connectivity index (χ2n) is 6.32. The number of allylic oxidation sites excluding steroid dienone is 1. The topological polar surface area (TPSA) is 50.3 Å². The summed E-state index contributed by atoms with van der Waals surface area (Å²) in [4.78, 5) is 11.7. The van der Waals surface area contributed by atoms with Crippen molar-refractivity contribution in [3.05, 3.63) is 95.3 Å². The molecular formula is C23H21BrFN3O. The highest BCUT2D eigenvalue weighted by Gasteiger charge is 2.12. The van der Waals surface area contributed by atoms with Gasteiger partial charge in [-0.2, -0.15) is 0 Å². The lowest BCUT2D eigenvalue weighted by Gasteiger charge is -2.10. The van der Waals surface area contributed by atoms with Crippen LogP contribution in [0.3, 0.4) is 0 Å². The van der Waals surface area contributed by atoms with Gasteiger partial charge in [-0.15, -0.1) is 0 Å². The summed E-state index contributed by atoms with van der Waals surface area (Å²) in [6.07, 6.45) is 6.10.